The standard InChI is InChI=1S/C16H22N2O2/c19-16(8-7-15-6-4-12-20-15)18-11-3-5-14(18)13-17-9-1-2-10-17/h4,6-8,12,14H,1-3,5,9-11,13H2/t14-/m0/s1. The molecular weight excluding hydrogens is 252 g/mol. The Balaban J connectivity index is 1.58. The first-order valence-electron chi connectivity index (χ1n) is 7.57. The van der Waals surface area contributed by atoms with Gasteiger partial charge in [-0.25, -0.2) is 0 Å². The average molecular weight is 274 g/mol. The molecule has 2 fully saturated rings. The Morgan fingerprint density at radius 2 is 2.15 bits per heavy atom. The highest BCUT2D eigenvalue weighted by Gasteiger charge is 2.29. The lowest BCUT2D eigenvalue weighted by atomic mass is 10.2. The molecule has 2 aliphatic heterocycles. The number of hydrogen-bond acceptors (Lipinski definition) is 3. The molecule has 0 aliphatic carbocycles. The van der Waals surface area contributed by atoms with Crippen molar-refractivity contribution in [1.29, 1.82) is 0 Å². The molecule has 2 aliphatic rings. The number of carbonyl (C=O) groups excluding carboxylic acids is 1. The second kappa shape index (κ2) is 6.27. The van der Waals surface area contributed by atoms with Gasteiger partial charge in [0.25, 0.3) is 0 Å². The van der Waals surface area contributed by atoms with Crippen LogP contribution < -0.4 is 0 Å². The minimum atomic E-state index is 0.114. The minimum absolute atomic E-state index is 0.114. The fourth-order valence-electron chi connectivity index (χ4n) is 3.21. The molecule has 0 unspecified atom stereocenters. The van der Waals surface area contributed by atoms with Gasteiger partial charge < -0.3 is 14.2 Å². The largest absolute Gasteiger partial charge is 0.465 e. The van der Waals surface area contributed by atoms with Gasteiger partial charge in [-0.15, -0.1) is 0 Å². The fraction of sp³-hybridized carbons (Fsp3) is 0.562. The fourth-order valence-corrected chi connectivity index (χ4v) is 3.21. The zero-order chi connectivity index (χ0) is 13.8. The third-order valence-corrected chi connectivity index (χ3v) is 4.26. The molecule has 2 saturated heterocycles. The van der Waals surface area contributed by atoms with Crippen molar-refractivity contribution in [1.82, 2.24) is 9.80 Å². The summed E-state index contributed by atoms with van der Waals surface area (Å²) in [5, 5.41) is 0. The summed E-state index contributed by atoms with van der Waals surface area (Å²) in [5.74, 6) is 0.844. The molecule has 0 radical (unpaired) electrons. The van der Waals surface area contributed by atoms with Gasteiger partial charge in [0.05, 0.1) is 6.26 Å². The van der Waals surface area contributed by atoms with Crippen molar-refractivity contribution >= 4 is 12.0 Å². The number of rotatable bonds is 4. The molecule has 3 rings (SSSR count). The van der Waals surface area contributed by atoms with Crippen LogP contribution in [0.4, 0.5) is 0 Å². The van der Waals surface area contributed by atoms with Crippen molar-refractivity contribution in [2.45, 2.75) is 31.7 Å². The number of likely N-dealkylation sites (tertiary alicyclic amines) is 2. The summed E-state index contributed by atoms with van der Waals surface area (Å²) in [6.07, 6.45) is 9.89. The monoisotopic (exact) mass is 274 g/mol. The van der Waals surface area contributed by atoms with Crippen LogP contribution in [0.25, 0.3) is 6.08 Å². The zero-order valence-electron chi connectivity index (χ0n) is 11.8. The lowest BCUT2D eigenvalue weighted by Crippen LogP contribution is -2.41. The number of amides is 1. The smallest absolute Gasteiger partial charge is 0.246 e. The first-order valence-corrected chi connectivity index (χ1v) is 7.57. The molecule has 108 valence electrons. The van der Waals surface area contributed by atoms with Gasteiger partial charge in [-0.1, -0.05) is 0 Å². The highest BCUT2D eigenvalue weighted by atomic mass is 16.3. The second-order valence-corrected chi connectivity index (χ2v) is 5.68. The molecule has 0 aromatic carbocycles. The predicted octanol–water partition coefficient (Wildman–Crippen LogP) is 2.38. The average Bonchev–Trinajstić information content (AvgIpc) is 3.19. The van der Waals surface area contributed by atoms with E-state index in [0.29, 0.717) is 6.04 Å². The highest BCUT2D eigenvalue weighted by Crippen LogP contribution is 2.21. The van der Waals surface area contributed by atoms with E-state index in [-0.39, 0.29) is 5.91 Å². The van der Waals surface area contributed by atoms with Crippen LogP contribution >= 0.6 is 0 Å². The first kappa shape index (κ1) is 13.4. The van der Waals surface area contributed by atoms with E-state index in [4.69, 9.17) is 4.42 Å². The topological polar surface area (TPSA) is 36.7 Å². The van der Waals surface area contributed by atoms with Crippen molar-refractivity contribution < 1.29 is 9.21 Å². The van der Waals surface area contributed by atoms with E-state index >= 15 is 0 Å². The maximum Gasteiger partial charge on any atom is 0.246 e. The van der Waals surface area contributed by atoms with Crippen molar-refractivity contribution in [3.8, 4) is 0 Å². The Bertz CT molecular complexity index is 461. The van der Waals surface area contributed by atoms with Crippen LogP contribution in [-0.2, 0) is 4.79 Å². The second-order valence-electron chi connectivity index (χ2n) is 5.68. The van der Waals surface area contributed by atoms with Crippen LogP contribution in [0, 0.1) is 0 Å². The van der Waals surface area contributed by atoms with E-state index in [0.717, 1.165) is 31.7 Å². The van der Waals surface area contributed by atoms with Gasteiger partial charge in [0.15, 0.2) is 0 Å². The third kappa shape index (κ3) is 3.12. The molecule has 0 spiro atoms. The maximum atomic E-state index is 12.3. The lowest BCUT2D eigenvalue weighted by Gasteiger charge is -2.27. The molecule has 1 aromatic heterocycles. The van der Waals surface area contributed by atoms with Crippen LogP contribution in [-0.4, -0.2) is 47.9 Å². The molecule has 0 bridgehead atoms. The van der Waals surface area contributed by atoms with Gasteiger partial charge >= 0.3 is 0 Å². The summed E-state index contributed by atoms with van der Waals surface area (Å²) in [6.45, 7) is 4.32. The first-order chi connectivity index (χ1) is 9.83. The molecule has 0 saturated carbocycles. The molecule has 1 aromatic rings. The number of hydrogen-bond donors (Lipinski definition) is 0. The minimum Gasteiger partial charge on any atom is -0.465 e. The van der Waals surface area contributed by atoms with E-state index < -0.39 is 0 Å². The molecule has 1 atom stereocenters. The van der Waals surface area contributed by atoms with E-state index in [9.17, 15) is 4.79 Å². The van der Waals surface area contributed by atoms with Crippen LogP contribution in [0.5, 0.6) is 0 Å². The Kier molecular flexibility index (Phi) is 4.21. The van der Waals surface area contributed by atoms with Crippen molar-refractivity contribution in [3.05, 3.63) is 30.2 Å². The van der Waals surface area contributed by atoms with Crippen LogP contribution in [0.1, 0.15) is 31.4 Å². The van der Waals surface area contributed by atoms with Crippen LogP contribution in [0.15, 0.2) is 28.9 Å². The Morgan fingerprint density at radius 1 is 1.30 bits per heavy atom. The van der Waals surface area contributed by atoms with Gasteiger partial charge in [0.1, 0.15) is 5.76 Å². The van der Waals surface area contributed by atoms with E-state index in [1.54, 1.807) is 18.4 Å². The van der Waals surface area contributed by atoms with Gasteiger partial charge in [0, 0.05) is 25.2 Å². The van der Waals surface area contributed by atoms with Crippen LogP contribution in [0.2, 0.25) is 0 Å². The summed E-state index contributed by atoms with van der Waals surface area (Å²) >= 11 is 0. The Morgan fingerprint density at radius 3 is 2.90 bits per heavy atom. The molecule has 3 heterocycles. The predicted molar refractivity (Wildman–Crippen MR) is 78.2 cm³/mol. The van der Waals surface area contributed by atoms with E-state index in [1.807, 2.05) is 17.0 Å². The number of nitrogens with zero attached hydrogens (tertiary/aromatic N) is 2. The van der Waals surface area contributed by atoms with Crippen LogP contribution in [0.3, 0.4) is 0 Å². The summed E-state index contributed by atoms with van der Waals surface area (Å²) in [7, 11) is 0. The molecular formula is C16H22N2O2. The molecule has 4 nitrogen and oxygen atoms in total. The maximum absolute atomic E-state index is 12.3. The molecule has 4 heteroatoms. The summed E-state index contributed by atoms with van der Waals surface area (Å²) in [5.41, 5.74) is 0. The summed E-state index contributed by atoms with van der Waals surface area (Å²) in [4.78, 5) is 16.8. The Labute approximate surface area is 120 Å². The number of carbonyl (C=O) groups is 1. The van der Waals surface area contributed by atoms with E-state index in [2.05, 4.69) is 4.90 Å². The SMILES string of the molecule is O=C(C=Cc1ccco1)N1CCC[C@H]1CN1CCCC1. The number of furan rings is 1. The molecule has 1 amide bonds. The zero-order valence-corrected chi connectivity index (χ0v) is 11.8. The summed E-state index contributed by atoms with van der Waals surface area (Å²) in [6, 6.07) is 4.08. The highest BCUT2D eigenvalue weighted by molar-refractivity contribution is 5.91. The van der Waals surface area contributed by atoms with Crippen molar-refractivity contribution in [2.24, 2.45) is 0 Å². The van der Waals surface area contributed by atoms with Gasteiger partial charge in [-0.2, -0.15) is 0 Å². The lowest BCUT2D eigenvalue weighted by molar-refractivity contribution is -0.127. The molecule has 0 N–H and O–H groups in total. The van der Waals surface area contributed by atoms with Gasteiger partial charge in [-0.3, -0.25) is 4.79 Å². The van der Waals surface area contributed by atoms with Gasteiger partial charge in [0.2, 0.25) is 5.91 Å². The quantitative estimate of drug-likeness (QED) is 0.791. The normalized spacial score (nSPS) is 24.0. The Hall–Kier alpha value is -1.55. The third-order valence-electron chi connectivity index (χ3n) is 4.26. The van der Waals surface area contributed by atoms with Crippen molar-refractivity contribution in [3.63, 3.8) is 0 Å². The van der Waals surface area contributed by atoms with Crippen molar-refractivity contribution in [2.75, 3.05) is 26.2 Å². The summed E-state index contributed by atoms with van der Waals surface area (Å²) < 4.78 is 5.22. The molecule has 20 heavy (non-hydrogen) atoms. The van der Waals surface area contributed by atoms with E-state index in [1.165, 1.54) is 25.9 Å². The van der Waals surface area contributed by atoms with Gasteiger partial charge in [-0.05, 0) is 57.0 Å².